The Kier molecular flexibility index (Phi) is 5.23. The van der Waals surface area contributed by atoms with E-state index in [-0.39, 0.29) is 0 Å². The molecular weight excluding hydrogens is 188 g/mol. The van der Waals surface area contributed by atoms with E-state index < -0.39 is 0 Å². The van der Waals surface area contributed by atoms with Gasteiger partial charge in [-0.2, -0.15) is 0 Å². The van der Waals surface area contributed by atoms with Crippen LogP contribution in [0.15, 0.2) is 18.3 Å². The van der Waals surface area contributed by atoms with Crippen LogP contribution in [0.2, 0.25) is 0 Å². The third-order valence-corrected chi connectivity index (χ3v) is 1.79. The molecule has 4 N–H and O–H groups in total. The lowest BCUT2D eigenvalue weighted by Gasteiger charge is -2.05. The highest BCUT2D eigenvalue weighted by atomic mass is 15.0. The fraction of sp³-hybridized carbons (Fsp3) is 0.364. The average Bonchev–Trinajstić information content (AvgIpc) is 2.27. The summed E-state index contributed by atoms with van der Waals surface area (Å²) in [7, 11) is 0. The molecule has 0 aliphatic carbocycles. The topological polar surface area (TPSA) is 63.0 Å². The molecule has 4 nitrogen and oxygen atoms in total. The highest BCUT2D eigenvalue weighted by Crippen LogP contribution is 2.02. The Labute approximate surface area is 90.3 Å². The molecule has 80 valence electrons. The van der Waals surface area contributed by atoms with Crippen LogP contribution < -0.4 is 16.4 Å². The van der Waals surface area contributed by atoms with E-state index in [0.29, 0.717) is 6.67 Å². The molecule has 1 aromatic heterocycles. The number of hydrogen-bond acceptors (Lipinski definition) is 4. The summed E-state index contributed by atoms with van der Waals surface area (Å²) in [6.45, 7) is 3.95. The van der Waals surface area contributed by atoms with Crippen molar-refractivity contribution in [1.29, 1.82) is 0 Å². The van der Waals surface area contributed by atoms with Crippen LogP contribution in [0, 0.1) is 11.8 Å². The summed E-state index contributed by atoms with van der Waals surface area (Å²) in [6.07, 6.45) is 1.76. The average molecular weight is 204 g/mol. The molecule has 1 aromatic rings. The van der Waals surface area contributed by atoms with E-state index in [0.717, 1.165) is 24.5 Å². The van der Waals surface area contributed by atoms with Gasteiger partial charge in [-0.1, -0.05) is 5.92 Å². The minimum atomic E-state index is 0.500. The van der Waals surface area contributed by atoms with Crippen LogP contribution in [0.3, 0.4) is 0 Å². The Bertz CT molecular complexity index is 334. The zero-order valence-electron chi connectivity index (χ0n) is 8.88. The third-order valence-electron chi connectivity index (χ3n) is 1.79. The highest BCUT2D eigenvalue weighted by molar-refractivity contribution is 5.40. The first-order chi connectivity index (χ1) is 7.36. The normalized spacial score (nSPS) is 9.20. The largest absolute Gasteiger partial charge is 0.369 e. The van der Waals surface area contributed by atoms with Gasteiger partial charge in [0, 0.05) is 31.5 Å². The third kappa shape index (κ3) is 4.45. The number of nitrogens with zero attached hydrogens (tertiary/aromatic N) is 1. The van der Waals surface area contributed by atoms with Gasteiger partial charge in [0.25, 0.3) is 0 Å². The standard InChI is InChI=1S/C11H16N4/c1-2-3-10-4-5-11(15-8-10)14-7-6-13-9-12/h4-5,8,13H,6-7,9,12H2,1H3,(H,14,15). The van der Waals surface area contributed by atoms with Crippen molar-refractivity contribution in [3.8, 4) is 11.8 Å². The summed E-state index contributed by atoms with van der Waals surface area (Å²) >= 11 is 0. The summed E-state index contributed by atoms with van der Waals surface area (Å²) in [5, 5.41) is 6.19. The molecule has 1 heterocycles. The molecule has 0 unspecified atom stereocenters. The first-order valence-corrected chi connectivity index (χ1v) is 4.90. The van der Waals surface area contributed by atoms with Crippen molar-refractivity contribution < 1.29 is 0 Å². The maximum Gasteiger partial charge on any atom is 0.126 e. The molecule has 1 rings (SSSR count). The number of nitrogens with two attached hydrogens (primary N) is 1. The Morgan fingerprint density at radius 1 is 1.40 bits per heavy atom. The first kappa shape index (κ1) is 11.5. The second-order valence-electron chi connectivity index (χ2n) is 2.94. The van der Waals surface area contributed by atoms with E-state index in [2.05, 4.69) is 27.5 Å². The number of anilines is 1. The predicted octanol–water partition coefficient (Wildman–Crippen LogP) is 0.371. The van der Waals surface area contributed by atoms with Crippen molar-refractivity contribution in [3.63, 3.8) is 0 Å². The number of nitrogens with one attached hydrogen (secondary N) is 2. The van der Waals surface area contributed by atoms with Crippen LogP contribution in [-0.2, 0) is 0 Å². The van der Waals surface area contributed by atoms with Crippen molar-refractivity contribution >= 4 is 5.82 Å². The Morgan fingerprint density at radius 3 is 2.87 bits per heavy atom. The second-order valence-corrected chi connectivity index (χ2v) is 2.94. The maximum atomic E-state index is 5.29. The van der Waals surface area contributed by atoms with E-state index in [1.807, 2.05) is 19.1 Å². The smallest absolute Gasteiger partial charge is 0.126 e. The summed E-state index contributed by atoms with van der Waals surface area (Å²) in [5.74, 6) is 6.63. The van der Waals surface area contributed by atoms with Gasteiger partial charge in [0.1, 0.15) is 5.82 Å². The Hall–Kier alpha value is -1.57. The molecule has 0 aromatic carbocycles. The molecule has 0 bridgehead atoms. The van der Waals surface area contributed by atoms with Gasteiger partial charge in [0.15, 0.2) is 0 Å². The fourth-order valence-corrected chi connectivity index (χ4v) is 1.10. The molecule has 4 heteroatoms. The molecule has 0 saturated carbocycles. The molecular formula is C11H16N4. The number of aromatic nitrogens is 1. The molecule has 0 amide bonds. The molecule has 0 spiro atoms. The van der Waals surface area contributed by atoms with Crippen LogP contribution in [0.5, 0.6) is 0 Å². The van der Waals surface area contributed by atoms with Crippen LogP contribution >= 0.6 is 0 Å². The zero-order valence-corrected chi connectivity index (χ0v) is 8.88. The van der Waals surface area contributed by atoms with E-state index in [4.69, 9.17) is 5.73 Å². The van der Waals surface area contributed by atoms with Gasteiger partial charge in [-0.25, -0.2) is 4.98 Å². The molecule has 0 radical (unpaired) electrons. The summed E-state index contributed by atoms with van der Waals surface area (Å²) in [5.41, 5.74) is 6.22. The predicted molar refractivity (Wildman–Crippen MR) is 62.3 cm³/mol. The summed E-state index contributed by atoms with van der Waals surface area (Å²) < 4.78 is 0. The van der Waals surface area contributed by atoms with Gasteiger partial charge in [0.2, 0.25) is 0 Å². The van der Waals surface area contributed by atoms with Gasteiger partial charge in [-0.05, 0) is 19.1 Å². The van der Waals surface area contributed by atoms with Gasteiger partial charge < -0.3 is 16.4 Å². The lowest BCUT2D eigenvalue weighted by Crippen LogP contribution is -2.27. The quantitative estimate of drug-likeness (QED) is 0.368. The van der Waals surface area contributed by atoms with Crippen LogP contribution in [0.1, 0.15) is 12.5 Å². The molecule has 0 aliphatic rings. The second kappa shape index (κ2) is 6.82. The fourth-order valence-electron chi connectivity index (χ4n) is 1.10. The minimum absolute atomic E-state index is 0.500. The van der Waals surface area contributed by atoms with Crippen LogP contribution in [-0.4, -0.2) is 24.7 Å². The van der Waals surface area contributed by atoms with E-state index in [1.54, 1.807) is 6.20 Å². The van der Waals surface area contributed by atoms with Crippen molar-refractivity contribution in [3.05, 3.63) is 23.9 Å². The Morgan fingerprint density at radius 2 is 2.27 bits per heavy atom. The lowest BCUT2D eigenvalue weighted by atomic mass is 10.3. The number of rotatable bonds is 5. The number of hydrogen-bond donors (Lipinski definition) is 3. The SMILES string of the molecule is CC#Cc1ccc(NCCNCN)nc1. The van der Waals surface area contributed by atoms with E-state index in [1.165, 1.54) is 0 Å². The van der Waals surface area contributed by atoms with Crippen LogP contribution in [0.4, 0.5) is 5.82 Å². The minimum Gasteiger partial charge on any atom is -0.369 e. The van der Waals surface area contributed by atoms with Crippen molar-refractivity contribution in [2.45, 2.75) is 6.92 Å². The highest BCUT2D eigenvalue weighted by Gasteiger charge is 1.92. The zero-order chi connectivity index (χ0) is 10.9. The van der Waals surface area contributed by atoms with Gasteiger partial charge in [0.05, 0.1) is 0 Å². The summed E-state index contributed by atoms with van der Waals surface area (Å²) in [4.78, 5) is 4.22. The van der Waals surface area contributed by atoms with Gasteiger partial charge in [-0.15, -0.1) is 5.92 Å². The van der Waals surface area contributed by atoms with Crippen molar-refractivity contribution in [1.82, 2.24) is 10.3 Å². The van der Waals surface area contributed by atoms with Gasteiger partial charge in [-0.3, -0.25) is 0 Å². The molecule has 0 saturated heterocycles. The molecule has 15 heavy (non-hydrogen) atoms. The monoisotopic (exact) mass is 204 g/mol. The first-order valence-electron chi connectivity index (χ1n) is 4.90. The molecule has 0 atom stereocenters. The van der Waals surface area contributed by atoms with E-state index in [9.17, 15) is 0 Å². The Balaban J connectivity index is 2.38. The lowest BCUT2D eigenvalue weighted by molar-refractivity contribution is 0.720. The number of pyridine rings is 1. The molecule has 0 aliphatic heterocycles. The summed E-state index contributed by atoms with van der Waals surface area (Å²) in [6, 6.07) is 3.87. The van der Waals surface area contributed by atoms with Crippen molar-refractivity contribution in [2.75, 3.05) is 25.1 Å². The maximum absolute atomic E-state index is 5.29. The van der Waals surface area contributed by atoms with Crippen molar-refractivity contribution in [2.24, 2.45) is 5.73 Å². The van der Waals surface area contributed by atoms with Crippen LogP contribution in [0.25, 0.3) is 0 Å². The van der Waals surface area contributed by atoms with E-state index >= 15 is 0 Å². The van der Waals surface area contributed by atoms with Gasteiger partial charge >= 0.3 is 0 Å². The molecule has 0 fully saturated rings.